The van der Waals surface area contributed by atoms with E-state index < -0.39 is 11.7 Å². The van der Waals surface area contributed by atoms with Gasteiger partial charge in [0.15, 0.2) is 0 Å². The Bertz CT molecular complexity index is 664. The number of hydrogen-bond acceptors (Lipinski definition) is 2. The number of hydrogen-bond donors (Lipinski definition) is 1. The third-order valence-electron chi connectivity index (χ3n) is 3.85. The van der Waals surface area contributed by atoms with Crippen molar-refractivity contribution in [3.8, 4) is 5.75 Å². The van der Waals surface area contributed by atoms with Crippen molar-refractivity contribution in [1.82, 2.24) is 4.90 Å². The molecule has 0 bridgehead atoms. The van der Waals surface area contributed by atoms with Crippen molar-refractivity contribution in [1.29, 1.82) is 0 Å². The molecule has 1 aliphatic rings. The van der Waals surface area contributed by atoms with Gasteiger partial charge in [-0.2, -0.15) is 0 Å². The maximum atomic E-state index is 13.8. The molecule has 0 atom stereocenters. The lowest BCUT2D eigenvalue weighted by Gasteiger charge is -2.21. The fourth-order valence-electron chi connectivity index (χ4n) is 2.76. The third-order valence-corrected chi connectivity index (χ3v) is 3.85. The fraction of sp³-hybridized carbons (Fsp3) is 0.235. The molecule has 0 aromatic heterocycles. The van der Waals surface area contributed by atoms with Gasteiger partial charge < -0.3 is 10.0 Å². The third kappa shape index (κ3) is 2.61. The predicted molar refractivity (Wildman–Crippen MR) is 77.6 cm³/mol. The molecule has 3 rings (SSSR count). The number of fused-ring (bicyclic) bond motifs is 1. The smallest absolute Gasteiger partial charge is 0.260 e. The number of carbonyl (C=O) groups is 1. The highest BCUT2D eigenvalue weighted by Gasteiger charge is 2.24. The molecule has 0 fully saturated rings. The zero-order valence-electron chi connectivity index (χ0n) is 11.6. The number of nitrogens with zero attached hydrogens (tertiary/aromatic N) is 1. The molecule has 1 aliphatic heterocycles. The van der Waals surface area contributed by atoms with Gasteiger partial charge >= 0.3 is 0 Å². The second kappa shape index (κ2) is 5.56. The van der Waals surface area contributed by atoms with Gasteiger partial charge in [-0.1, -0.05) is 30.3 Å². The van der Waals surface area contributed by atoms with Crippen LogP contribution in [-0.2, 0) is 13.0 Å². The lowest BCUT2D eigenvalue weighted by atomic mass is 10.0. The summed E-state index contributed by atoms with van der Waals surface area (Å²) in [7, 11) is 0. The van der Waals surface area contributed by atoms with Crippen molar-refractivity contribution < 1.29 is 14.3 Å². The molecule has 108 valence electrons. The lowest BCUT2D eigenvalue weighted by molar-refractivity contribution is 0.0738. The Kier molecular flexibility index (Phi) is 3.60. The number of amides is 1. The van der Waals surface area contributed by atoms with Gasteiger partial charge in [0.1, 0.15) is 17.1 Å². The zero-order chi connectivity index (χ0) is 14.8. The molecule has 4 heteroatoms. The van der Waals surface area contributed by atoms with E-state index in [-0.39, 0.29) is 11.3 Å². The molecule has 1 heterocycles. The zero-order valence-corrected chi connectivity index (χ0v) is 11.6. The minimum absolute atomic E-state index is 0.239. The van der Waals surface area contributed by atoms with Crippen molar-refractivity contribution in [2.75, 3.05) is 6.54 Å². The van der Waals surface area contributed by atoms with Crippen LogP contribution in [0.15, 0.2) is 42.5 Å². The first-order valence-electron chi connectivity index (χ1n) is 7.00. The Balaban J connectivity index is 1.92. The fourth-order valence-corrected chi connectivity index (χ4v) is 2.76. The van der Waals surface area contributed by atoms with Crippen LogP contribution in [0.3, 0.4) is 0 Å². The van der Waals surface area contributed by atoms with Crippen LogP contribution in [0.1, 0.15) is 27.9 Å². The van der Waals surface area contributed by atoms with E-state index in [4.69, 9.17) is 0 Å². The molecule has 1 amide bonds. The molecule has 21 heavy (non-hydrogen) atoms. The van der Waals surface area contributed by atoms with Crippen LogP contribution >= 0.6 is 0 Å². The van der Waals surface area contributed by atoms with Gasteiger partial charge in [0.2, 0.25) is 0 Å². The molecule has 1 N–H and O–H groups in total. The summed E-state index contributed by atoms with van der Waals surface area (Å²) < 4.78 is 13.8. The summed E-state index contributed by atoms with van der Waals surface area (Å²) in [5, 5.41) is 9.77. The van der Waals surface area contributed by atoms with E-state index in [1.54, 1.807) is 4.90 Å². The Morgan fingerprint density at radius 3 is 2.62 bits per heavy atom. The Labute approximate surface area is 122 Å². The van der Waals surface area contributed by atoms with E-state index in [2.05, 4.69) is 6.07 Å². The van der Waals surface area contributed by atoms with E-state index in [1.807, 2.05) is 18.2 Å². The summed E-state index contributed by atoms with van der Waals surface area (Å²) in [5.74, 6) is -1.45. The highest BCUT2D eigenvalue weighted by molar-refractivity contribution is 5.97. The monoisotopic (exact) mass is 285 g/mol. The van der Waals surface area contributed by atoms with E-state index in [9.17, 15) is 14.3 Å². The second-order valence-electron chi connectivity index (χ2n) is 5.23. The number of carbonyl (C=O) groups excluding carboxylic acids is 1. The standard InChI is InChI=1S/C17H16FNO2/c18-14-8-3-9-15(20)16(14)17(21)19-10-4-7-12-5-1-2-6-13(12)11-19/h1-3,5-6,8-9,20H,4,7,10-11H2. The molecule has 0 radical (unpaired) electrons. The molecule has 2 aromatic carbocycles. The average Bonchev–Trinajstić information content (AvgIpc) is 2.69. The van der Waals surface area contributed by atoms with Gasteiger partial charge in [-0.25, -0.2) is 4.39 Å². The van der Waals surface area contributed by atoms with Gasteiger partial charge in [-0.3, -0.25) is 4.79 Å². The highest BCUT2D eigenvalue weighted by atomic mass is 19.1. The molecule has 0 saturated carbocycles. The predicted octanol–water partition coefficient (Wildman–Crippen LogP) is 3.12. The average molecular weight is 285 g/mol. The number of halogens is 1. The largest absolute Gasteiger partial charge is 0.507 e. The van der Waals surface area contributed by atoms with Crippen molar-refractivity contribution in [2.45, 2.75) is 19.4 Å². The van der Waals surface area contributed by atoms with E-state index in [1.165, 1.54) is 23.8 Å². The lowest BCUT2D eigenvalue weighted by Crippen LogP contribution is -2.31. The number of phenolic OH excluding ortho intramolecular Hbond substituents is 1. The second-order valence-corrected chi connectivity index (χ2v) is 5.23. The summed E-state index contributed by atoms with van der Waals surface area (Å²) in [6.45, 7) is 1.00. The first kappa shape index (κ1) is 13.6. The van der Waals surface area contributed by atoms with Crippen molar-refractivity contribution in [3.63, 3.8) is 0 Å². The van der Waals surface area contributed by atoms with E-state index >= 15 is 0 Å². The summed E-state index contributed by atoms with van der Waals surface area (Å²) >= 11 is 0. The number of benzene rings is 2. The van der Waals surface area contributed by atoms with Crippen LogP contribution in [-0.4, -0.2) is 22.5 Å². The minimum Gasteiger partial charge on any atom is -0.507 e. The summed E-state index contributed by atoms with van der Waals surface area (Å²) in [6, 6.07) is 11.9. The Morgan fingerprint density at radius 2 is 1.86 bits per heavy atom. The van der Waals surface area contributed by atoms with Crippen LogP contribution in [0, 0.1) is 5.82 Å². The topological polar surface area (TPSA) is 40.5 Å². The van der Waals surface area contributed by atoms with E-state index in [0.717, 1.165) is 18.4 Å². The number of rotatable bonds is 1. The van der Waals surface area contributed by atoms with Crippen LogP contribution < -0.4 is 0 Å². The Morgan fingerprint density at radius 1 is 1.10 bits per heavy atom. The number of phenols is 1. The molecular weight excluding hydrogens is 269 g/mol. The van der Waals surface area contributed by atoms with Gasteiger partial charge in [0.25, 0.3) is 5.91 Å². The molecule has 0 unspecified atom stereocenters. The molecule has 3 nitrogen and oxygen atoms in total. The van der Waals surface area contributed by atoms with Crippen molar-refractivity contribution in [2.24, 2.45) is 0 Å². The summed E-state index contributed by atoms with van der Waals surface area (Å²) in [5.41, 5.74) is 2.07. The SMILES string of the molecule is O=C(c1c(O)cccc1F)N1CCCc2ccccc2C1. The Hall–Kier alpha value is -2.36. The van der Waals surface area contributed by atoms with Crippen LogP contribution in [0.5, 0.6) is 5.75 Å². The maximum absolute atomic E-state index is 13.8. The van der Waals surface area contributed by atoms with Crippen LogP contribution in [0.2, 0.25) is 0 Å². The molecular formula is C17H16FNO2. The van der Waals surface area contributed by atoms with Crippen molar-refractivity contribution >= 4 is 5.91 Å². The normalized spacial score (nSPS) is 14.4. The van der Waals surface area contributed by atoms with Gasteiger partial charge in [0.05, 0.1) is 0 Å². The summed E-state index contributed by atoms with van der Waals surface area (Å²) in [6.07, 6.45) is 1.74. The van der Waals surface area contributed by atoms with Gasteiger partial charge in [-0.05, 0) is 36.1 Å². The van der Waals surface area contributed by atoms with Gasteiger partial charge in [-0.15, -0.1) is 0 Å². The number of aryl methyl sites for hydroxylation is 1. The van der Waals surface area contributed by atoms with Gasteiger partial charge in [0, 0.05) is 13.1 Å². The number of aromatic hydroxyl groups is 1. The first-order chi connectivity index (χ1) is 10.2. The summed E-state index contributed by atoms with van der Waals surface area (Å²) in [4.78, 5) is 14.1. The molecule has 0 saturated heterocycles. The molecule has 2 aromatic rings. The van der Waals surface area contributed by atoms with E-state index in [0.29, 0.717) is 13.1 Å². The molecule has 0 aliphatic carbocycles. The first-order valence-corrected chi connectivity index (χ1v) is 7.00. The maximum Gasteiger partial charge on any atom is 0.260 e. The quantitative estimate of drug-likeness (QED) is 0.874. The van der Waals surface area contributed by atoms with Crippen LogP contribution in [0.4, 0.5) is 4.39 Å². The minimum atomic E-state index is -0.683. The molecule has 0 spiro atoms. The van der Waals surface area contributed by atoms with Crippen LogP contribution in [0.25, 0.3) is 0 Å². The van der Waals surface area contributed by atoms with Crippen molar-refractivity contribution in [3.05, 3.63) is 65.0 Å². The highest BCUT2D eigenvalue weighted by Crippen LogP contribution is 2.25.